The number of nitrogens with zero attached hydrogens (tertiary/aromatic N) is 2. The SMILES string of the molecule is CC(=O)O.N=C(N)NN=Cc1cc([N+](=O)[O-])ccc1Br. The quantitative estimate of drug-likeness (QED) is 0.279. The van der Waals surface area contributed by atoms with Crippen molar-refractivity contribution in [3.05, 3.63) is 38.3 Å². The van der Waals surface area contributed by atoms with Gasteiger partial charge in [0.1, 0.15) is 0 Å². The van der Waals surface area contributed by atoms with Crippen LogP contribution in [0, 0.1) is 15.5 Å². The van der Waals surface area contributed by atoms with E-state index in [9.17, 15) is 10.1 Å². The Morgan fingerprint density at radius 2 is 2.20 bits per heavy atom. The number of aliphatic carboxylic acids is 1. The number of nitrogens with two attached hydrogens (primary N) is 1. The average Bonchev–Trinajstić information content (AvgIpc) is 2.30. The second kappa shape index (κ2) is 8.58. The molecule has 0 aliphatic rings. The molecule has 1 rings (SSSR count). The summed E-state index contributed by atoms with van der Waals surface area (Å²) < 4.78 is 0.659. The van der Waals surface area contributed by atoms with Crippen molar-refractivity contribution in [2.24, 2.45) is 10.8 Å². The van der Waals surface area contributed by atoms with Gasteiger partial charge < -0.3 is 10.8 Å². The van der Waals surface area contributed by atoms with E-state index in [0.29, 0.717) is 10.0 Å². The number of benzene rings is 1. The second-order valence-electron chi connectivity index (χ2n) is 3.27. The Morgan fingerprint density at radius 1 is 1.65 bits per heavy atom. The van der Waals surface area contributed by atoms with Gasteiger partial charge in [-0.1, -0.05) is 15.9 Å². The molecule has 20 heavy (non-hydrogen) atoms. The maximum Gasteiger partial charge on any atom is 0.300 e. The number of hydrogen-bond acceptors (Lipinski definition) is 5. The standard InChI is InChI=1S/C8H8BrN5O2.C2H4O2/c9-7-2-1-6(14(15)16)3-5(7)4-12-13-8(10)11;1-2(3)4/h1-4H,(H4,10,11,13);1H3,(H,3,4). The fourth-order valence-corrected chi connectivity index (χ4v) is 1.26. The summed E-state index contributed by atoms with van der Waals surface area (Å²) in [7, 11) is 0. The summed E-state index contributed by atoms with van der Waals surface area (Å²) in [5, 5.41) is 28.4. The van der Waals surface area contributed by atoms with Crippen LogP contribution in [0.5, 0.6) is 0 Å². The molecule has 9 nitrogen and oxygen atoms in total. The number of halogens is 1. The van der Waals surface area contributed by atoms with Gasteiger partial charge in [-0.25, -0.2) is 5.43 Å². The highest BCUT2D eigenvalue weighted by molar-refractivity contribution is 9.10. The lowest BCUT2D eigenvalue weighted by atomic mass is 10.2. The average molecular weight is 346 g/mol. The lowest BCUT2D eigenvalue weighted by molar-refractivity contribution is -0.384. The molecule has 0 atom stereocenters. The van der Waals surface area contributed by atoms with Crippen molar-refractivity contribution in [1.82, 2.24) is 5.43 Å². The summed E-state index contributed by atoms with van der Waals surface area (Å²) >= 11 is 3.22. The number of rotatable bonds is 3. The number of nitro benzene ring substituents is 1. The molecule has 0 radical (unpaired) electrons. The first-order chi connectivity index (χ1) is 9.23. The van der Waals surface area contributed by atoms with E-state index in [4.69, 9.17) is 21.0 Å². The van der Waals surface area contributed by atoms with E-state index in [0.717, 1.165) is 6.92 Å². The van der Waals surface area contributed by atoms with Gasteiger partial charge in [0.2, 0.25) is 5.96 Å². The third-order valence-corrected chi connectivity index (χ3v) is 2.30. The van der Waals surface area contributed by atoms with Crippen molar-refractivity contribution in [2.75, 3.05) is 0 Å². The first kappa shape index (κ1) is 17.5. The summed E-state index contributed by atoms with van der Waals surface area (Å²) in [6, 6.07) is 4.28. The molecule has 0 aromatic heterocycles. The molecular weight excluding hydrogens is 334 g/mol. The van der Waals surface area contributed by atoms with E-state index in [-0.39, 0.29) is 11.6 Å². The zero-order chi connectivity index (χ0) is 15.7. The number of carbonyl (C=O) groups is 1. The molecule has 0 bridgehead atoms. The highest BCUT2D eigenvalue weighted by Crippen LogP contribution is 2.20. The third-order valence-electron chi connectivity index (χ3n) is 1.58. The Labute approximate surface area is 122 Å². The fourth-order valence-electron chi connectivity index (χ4n) is 0.915. The van der Waals surface area contributed by atoms with E-state index in [1.54, 1.807) is 6.07 Å². The minimum absolute atomic E-state index is 0.0347. The van der Waals surface area contributed by atoms with Gasteiger partial charge in [-0.05, 0) is 6.07 Å². The lowest BCUT2D eigenvalue weighted by Gasteiger charge is -1.98. The Bertz CT molecular complexity index is 542. The fraction of sp³-hybridized carbons (Fsp3) is 0.100. The van der Waals surface area contributed by atoms with E-state index >= 15 is 0 Å². The first-order valence-corrected chi connectivity index (χ1v) is 5.80. The number of hydrazone groups is 1. The summed E-state index contributed by atoms with van der Waals surface area (Å²) in [5.74, 6) is -1.14. The molecule has 0 aliphatic heterocycles. The van der Waals surface area contributed by atoms with Gasteiger partial charge in [-0.15, -0.1) is 0 Å². The molecule has 0 heterocycles. The molecule has 0 fully saturated rings. The van der Waals surface area contributed by atoms with Crippen LogP contribution in [0.3, 0.4) is 0 Å². The molecule has 0 aliphatic carbocycles. The Morgan fingerprint density at radius 3 is 2.65 bits per heavy atom. The van der Waals surface area contributed by atoms with E-state index in [2.05, 4.69) is 26.5 Å². The van der Waals surface area contributed by atoms with Crippen LogP contribution in [0.1, 0.15) is 12.5 Å². The normalized spacial score (nSPS) is 9.50. The zero-order valence-corrected chi connectivity index (χ0v) is 11.9. The maximum atomic E-state index is 10.5. The van der Waals surface area contributed by atoms with Crippen molar-refractivity contribution in [3.8, 4) is 0 Å². The summed E-state index contributed by atoms with van der Waals surface area (Å²) in [5.41, 5.74) is 7.70. The Balaban J connectivity index is 0.000000796. The van der Waals surface area contributed by atoms with Crippen molar-refractivity contribution in [2.45, 2.75) is 6.92 Å². The molecule has 0 unspecified atom stereocenters. The number of carboxylic acid groups (broad SMARTS) is 1. The van der Waals surface area contributed by atoms with Gasteiger partial charge in [-0.2, -0.15) is 5.10 Å². The van der Waals surface area contributed by atoms with Crippen molar-refractivity contribution in [1.29, 1.82) is 5.41 Å². The van der Waals surface area contributed by atoms with Crippen LogP contribution in [0.2, 0.25) is 0 Å². The van der Waals surface area contributed by atoms with Gasteiger partial charge in [-0.3, -0.25) is 20.3 Å². The van der Waals surface area contributed by atoms with Gasteiger partial charge >= 0.3 is 0 Å². The van der Waals surface area contributed by atoms with Crippen LogP contribution < -0.4 is 11.2 Å². The van der Waals surface area contributed by atoms with Crippen molar-refractivity contribution in [3.63, 3.8) is 0 Å². The highest BCUT2D eigenvalue weighted by atomic mass is 79.9. The molecular formula is C10H12BrN5O4. The Hall–Kier alpha value is -2.49. The number of nitro groups is 1. The topological polar surface area (TPSA) is 155 Å². The molecule has 1 aromatic carbocycles. The van der Waals surface area contributed by atoms with Crippen LogP contribution in [0.25, 0.3) is 0 Å². The van der Waals surface area contributed by atoms with Gasteiger partial charge in [0.05, 0.1) is 11.1 Å². The molecule has 0 saturated carbocycles. The van der Waals surface area contributed by atoms with Gasteiger partial charge in [0.15, 0.2) is 0 Å². The zero-order valence-electron chi connectivity index (χ0n) is 10.3. The van der Waals surface area contributed by atoms with E-state index in [1.165, 1.54) is 18.3 Å². The van der Waals surface area contributed by atoms with Crippen LogP contribution >= 0.6 is 15.9 Å². The number of hydrogen-bond donors (Lipinski definition) is 4. The first-order valence-electron chi connectivity index (χ1n) is 5.00. The summed E-state index contributed by atoms with van der Waals surface area (Å²) in [6.45, 7) is 1.08. The summed E-state index contributed by atoms with van der Waals surface area (Å²) in [6.07, 6.45) is 1.33. The molecule has 0 saturated heterocycles. The maximum absolute atomic E-state index is 10.5. The summed E-state index contributed by atoms with van der Waals surface area (Å²) in [4.78, 5) is 19.0. The molecule has 10 heteroatoms. The molecule has 5 N–H and O–H groups in total. The molecule has 1 aromatic rings. The van der Waals surface area contributed by atoms with Gasteiger partial charge in [0, 0.05) is 29.1 Å². The number of carboxylic acids is 1. The number of nitrogens with one attached hydrogen (secondary N) is 2. The predicted molar refractivity (Wildman–Crippen MR) is 76.8 cm³/mol. The van der Waals surface area contributed by atoms with E-state index < -0.39 is 10.9 Å². The van der Waals surface area contributed by atoms with Crippen LogP contribution in [0.4, 0.5) is 5.69 Å². The molecule has 0 amide bonds. The Kier molecular flexibility index (Phi) is 7.52. The lowest BCUT2D eigenvalue weighted by Crippen LogP contribution is -2.25. The molecule has 0 spiro atoms. The second-order valence-corrected chi connectivity index (χ2v) is 4.12. The smallest absolute Gasteiger partial charge is 0.300 e. The van der Waals surface area contributed by atoms with Crippen molar-refractivity contribution >= 4 is 39.8 Å². The minimum atomic E-state index is -0.833. The van der Waals surface area contributed by atoms with Gasteiger partial charge in [0.25, 0.3) is 11.7 Å². The molecule has 108 valence electrons. The minimum Gasteiger partial charge on any atom is -0.481 e. The largest absolute Gasteiger partial charge is 0.481 e. The van der Waals surface area contributed by atoms with E-state index in [1.807, 2.05) is 0 Å². The van der Waals surface area contributed by atoms with Crippen LogP contribution in [-0.2, 0) is 4.79 Å². The monoisotopic (exact) mass is 345 g/mol. The van der Waals surface area contributed by atoms with Crippen molar-refractivity contribution < 1.29 is 14.8 Å². The number of guanidine groups is 1. The number of non-ortho nitro benzene ring substituents is 1. The highest BCUT2D eigenvalue weighted by Gasteiger charge is 2.07. The van der Waals surface area contributed by atoms with Crippen LogP contribution in [-0.4, -0.2) is 28.2 Å². The third kappa shape index (κ3) is 7.76. The van der Waals surface area contributed by atoms with Crippen LogP contribution in [0.15, 0.2) is 27.8 Å². The predicted octanol–water partition coefficient (Wildman–Crippen LogP) is 1.27.